The van der Waals surface area contributed by atoms with E-state index >= 15 is 0 Å². The quantitative estimate of drug-likeness (QED) is 0.633. The molecule has 1 aliphatic heterocycles. The standard InChI is InChI=1S/C14H18ClN3O3.ClH/c15-11-3-4-13(18(20)21)12(8-11)14(19)17-7-5-10-2-1-6-16-9-10;/h3-4,8,10,16H,1-2,5-7,9H2,(H,17,19);1H. The Hall–Kier alpha value is -1.37. The first-order valence-corrected chi connectivity index (χ1v) is 7.38. The summed E-state index contributed by atoms with van der Waals surface area (Å²) in [6.07, 6.45) is 3.17. The van der Waals surface area contributed by atoms with Crippen molar-refractivity contribution < 1.29 is 9.72 Å². The maximum atomic E-state index is 12.1. The zero-order chi connectivity index (χ0) is 15.2. The highest BCUT2D eigenvalue weighted by molar-refractivity contribution is 6.31. The summed E-state index contributed by atoms with van der Waals surface area (Å²) >= 11 is 5.81. The molecule has 0 aliphatic carbocycles. The number of hydrogen-bond donors (Lipinski definition) is 2. The second-order valence-corrected chi connectivity index (χ2v) is 5.61. The van der Waals surface area contributed by atoms with Crippen molar-refractivity contribution >= 4 is 35.6 Å². The van der Waals surface area contributed by atoms with E-state index in [0.29, 0.717) is 17.5 Å². The molecule has 0 bridgehead atoms. The minimum atomic E-state index is -0.573. The fourth-order valence-corrected chi connectivity index (χ4v) is 2.68. The number of hydrogen-bond acceptors (Lipinski definition) is 4. The predicted molar refractivity (Wildman–Crippen MR) is 87.9 cm³/mol. The van der Waals surface area contributed by atoms with Gasteiger partial charge in [0, 0.05) is 17.6 Å². The molecule has 0 radical (unpaired) electrons. The molecule has 0 saturated carbocycles. The van der Waals surface area contributed by atoms with Crippen molar-refractivity contribution in [2.45, 2.75) is 19.3 Å². The lowest BCUT2D eigenvalue weighted by Crippen LogP contribution is -2.33. The number of nitrogens with zero attached hydrogens (tertiary/aromatic N) is 1. The summed E-state index contributed by atoms with van der Waals surface area (Å²) in [5.41, 5.74) is -0.217. The number of benzene rings is 1. The molecule has 2 N–H and O–H groups in total. The van der Waals surface area contributed by atoms with Gasteiger partial charge in [-0.3, -0.25) is 14.9 Å². The number of carbonyl (C=O) groups excluding carboxylic acids is 1. The number of nitro groups is 1. The van der Waals surface area contributed by atoms with Crippen molar-refractivity contribution in [1.29, 1.82) is 0 Å². The van der Waals surface area contributed by atoms with Gasteiger partial charge in [-0.2, -0.15) is 0 Å². The fourth-order valence-electron chi connectivity index (χ4n) is 2.50. The van der Waals surface area contributed by atoms with Crippen molar-refractivity contribution in [2.24, 2.45) is 5.92 Å². The van der Waals surface area contributed by atoms with E-state index in [1.807, 2.05) is 0 Å². The minimum Gasteiger partial charge on any atom is -0.352 e. The Bertz CT molecular complexity index is 534. The van der Waals surface area contributed by atoms with E-state index in [9.17, 15) is 14.9 Å². The molecule has 1 heterocycles. The zero-order valence-electron chi connectivity index (χ0n) is 12.0. The average Bonchev–Trinajstić information content (AvgIpc) is 2.47. The molecule has 1 amide bonds. The van der Waals surface area contributed by atoms with Gasteiger partial charge in [-0.1, -0.05) is 11.6 Å². The Balaban J connectivity index is 0.00000242. The van der Waals surface area contributed by atoms with E-state index in [2.05, 4.69) is 10.6 Å². The Kier molecular flexibility index (Phi) is 7.58. The zero-order valence-corrected chi connectivity index (χ0v) is 13.6. The van der Waals surface area contributed by atoms with Gasteiger partial charge < -0.3 is 10.6 Å². The Labute approximate surface area is 140 Å². The molecule has 8 heteroatoms. The molecule has 0 aromatic heterocycles. The lowest BCUT2D eigenvalue weighted by Gasteiger charge is -2.22. The molecule has 0 spiro atoms. The van der Waals surface area contributed by atoms with Gasteiger partial charge >= 0.3 is 0 Å². The van der Waals surface area contributed by atoms with Crippen LogP contribution in [-0.4, -0.2) is 30.5 Å². The van der Waals surface area contributed by atoms with Crippen LogP contribution < -0.4 is 10.6 Å². The van der Waals surface area contributed by atoms with Crippen molar-refractivity contribution in [3.8, 4) is 0 Å². The van der Waals surface area contributed by atoms with Gasteiger partial charge in [-0.15, -0.1) is 12.4 Å². The summed E-state index contributed by atoms with van der Waals surface area (Å²) in [6, 6.07) is 3.99. The highest BCUT2D eigenvalue weighted by atomic mass is 35.5. The normalized spacial score (nSPS) is 17.4. The molecule has 1 aromatic carbocycles. The van der Waals surface area contributed by atoms with Crippen LogP contribution in [0.4, 0.5) is 5.69 Å². The first kappa shape index (κ1) is 18.7. The molecule has 1 aromatic rings. The molecule has 2 rings (SSSR count). The molecule has 1 atom stereocenters. The van der Waals surface area contributed by atoms with Gasteiger partial charge in [0.2, 0.25) is 0 Å². The maximum Gasteiger partial charge on any atom is 0.282 e. The molecular formula is C14H19Cl2N3O3. The Morgan fingerprint density at radius 1 is 1.50 bits per heavy atom. The highest BCUT2D eigenvalue weighted by Gasteiger charge is 2.20. The van der Waals surface area contributed by atoms with Gasteiger partial charge in [-0.05, 0) is 50.4 Å². The maximum absolute atomic E-state index is 12.1. The molecule has 1 unspecified atom stereocenters. The van der Waals surface area contributed by atoms with Crippen LogP contribution in [0.2, 0.25) is 5.02 Å². The topological polar surface area (TPSA) is 84.3 Å². The van der Waals surface area contributed by atoms with Crippen LogP contribution in [0.15, 0.2) is 18.2 Å². The van der Waals surface area contributed by atoms with E-state index in [1.54, 1.807) is 0 Å². The number of halogens is 2. The molecule has 122 valence electrons. The number of rotatable bonds is 5. The molecule has 1 aliphatic rings. The minimum absolute atomic E-state index is 0. The summed E-state index contributed by atoms with van der Waals surface area (Å²) < 4.78 is 0. The largest absolute Gasteiger partial charge is 0.352 e. The third-order valence-electron chi connectivity index (χ3n) is 3.64. The second-order valence-electron chi connectivity index (χ2n) is 5.18. The predicted octanol–water partition coefficient (Wildman–Crippen LogP) is 2.79. The summed E-state index contributed by atoms with van der Waals surface area (Å²) in [7, 11) is 0. The molecule has 1 saturated heterocycles. The lowest BCUT2D eigenvalue weighted by molar-refractivity contribution is -0.385. The smallest absolute Gasteiger partial charge is 0.282 e. The first-order chi connectivity index (χ1) is 10.1. The highest BCUT2D eigenvalue weighted by Crippen LogP contribution is 2.22. The lowest BCUT2D eigenvalue weighted by atomic mass is 9.96. The third-order valence-corrected chi connectivity index (χ3v) is 3.87. The van der Waals surface area contributed by atoms with E-state index in [1.165, 1.54) is 18.2 Å². The Morgan fingerprint density at radius 2 is 2.27 bits per heavy atom. The van der Waals surface area contributed by atoms with Crippen molar-refractivity contribution in [3.63, 3.8) is 0 Å². The number of carbonyl (C=O) groups is 1. The number of nitrogens with one attached hydrogen (secondary N) is 2. The van der Waals surface area contributed by atoms with Crippen LogP contribution in [0.3, 0.4) is 0 Å². The van der Waals surface area contributed by atoms with Gasteiger partial charge in [0.15, 0.2) is 0 Å². The summed E-state index contributed by atoms with van der Waals surface area (Å²) in [5.74, 6) is 0.0985. The van der Waals surface area contributed by atoms with E-state index in [4.69, 9.17) is 11.6 Å². The number of amides is 1. The second kappa shape index (κ2) is 8.92. The third kappa shape index (κ3) is 5.12. The number of piperidine rings is 1. The summed E-state index contributed by atoms with van der Waals surface area (Å²) in [6.45, 7) is 2.53. The van der Waals surface area contributed by atoms with Gasteiger partial charge in [0.25, 0.3) is 11.6 Å². The Morgan fingerprint density at radius 3 is 2.91 bits per heavy atom. The van der Waals surface area contributed by atoms with Crippen LogP contribution in [0, 0.1) is 16.0 Å². The summed E-state index contributed by atoms with van der Waals surface area (Å²) in [4.78, 5) is 22.4. The fraction of sp³-hybridized carbons (Fsp3) is 0.500. The van der Waals surface area contributed by atoms with Gasteiger partial charge in [0.1, 0.15) is 5.56 Å². The van der Waals surface area contributed by atoms with E-state index in [0.717, 1.165) is 32.4 Å². The first-order valence-electron chi connectivity index (χ1n) is 7.01. The van der Waals surface area contributed by atoms with E-state index in [-0.39, 0.29) is 23.7 Å². The average molecular weight is 348 g/mol. The molecule has 22 heavy (non-hydrogen) atoms. The monoisotopic (exact) mass is 347 g/mol. The molecule has 6 nitrogen and oxygen atoms in total. The van der Waals surface area contributed by atoms with Crippen LogP contribution >= 0.6 is 24.0 Å². The molecular weight excluding hydrogens is 329 g/mol. The van der Waals surface area contributed by atoms with Crippen molar-refractivity contribution in [2.75, 3.05) is 19.6 Å². The number of nitro benzene ring substituents is 1. The summed E-state index contributed by atoms with van der Waals surface area (Å²) in [5, 5.41) is 17.3. The van der Waals surface area contributed by atoms with Gasteiger partial charge in [0.05, 0.1) is 4.92 Å². The van der Waals surface area contributed by atoms with Gasteiger partial charge in [-0.25, -0.2) is 0 Å². The van der Waals surface area contributed by atoms with Crippen LogP contribution in [0.25, 0.3) is 0 Å². The van der Waals surface area contributed by atoms with Crippen LogP contribution in [0.5, 0.6) is 0 Å². The molecule has 1 fully saturated rings. The van der Waals surface area contributed by atoms with Crippen molar-refractivity contribution in [3.05, 3.63) is 38.9 Å². The van der Waals surface area contributed by atoms with Crippen molar-refractivity contribution in [1.82, 2.24) is 10.6 Å². The van der Waals surface area contributed by atoms with E-state index < -0.39 is 10.8 Å². The van der Waals surface area contributed by atoms with Crippen LogP contribution in [0.1, 0.15) is 29.6 Å². The van der Waals surface area contributed by atoms with Crippen LogP contribution in [-0.2, 0) is 0 Å². The SMILES string of the molecule is Cl.O=C(NCCC1CCCNC1)c1cc(Cl)ccc1[N+](=O)[O-].